The largest absolute Gasteiger partial charge is 0.493 e. The Balaban J connectivity index is 1.77. The summed E-state index contributed by atoms with van der Waals surface area (Å²) in [5.74, 6) is 1.81. The number of ether oxygens (including phenoxy) is 2. The highest BCUT2D eigenvalue weighted by Crippen LogP contribution is 2.38. The molecule has 0 radical (unpaired) electrons. The summed E-state index contributed by atoms with van der Waals surface area (Å²) < 4.78 is 11.2. The highest BCUT2D eigenvalue weighted by molar-refractivity contribution is 8.26. The molecule has 0 aromatic heterocycles. The molecule has 1 aliphatic carbocycles. The maximum absolute atomic E-state index is 12.8. The molecule has 0 bridgehead atoms. The minimum Gasteiger partial charge on any atom is -0.493 e. The Hall–Kier alpha value is -1.24. The Morgan fingerprint density at radius 1 is 1.27 bits per heavy atom. The molecule has 2 fully saturated rings. The van der Waals surface area contributed by atoms with E-state index in [2.05, 4.69) is 0 Å². The zero-order chi connectivity index (χ0) is 18.7. The van der Waals surface area contributed by atoms with Crippen LogP contribution in [-0.2, 0) is 4.79 Å². The second-order valence-electron chi connectivity index (χ2n) is 6.50. The van der Waals surface area contributed by atoms with E-state index in [9.17, 15) is 4.79 Å². The van der Waals surface area contributed by atoms with Crippen molar-refractivity contribution < 1.29 is 14.3 Å². The number of methoxy groups -OCH3 is 2. The van der Waals surface area contributed by atoms with Crippen molar-refractivity contribution in [2.45, 2.75) is 32.1 Å². The Labute approximate surface area is 168 Å². The third kappa shape index (κ3) is 4.18. The lowest BCUT2D eigenvalue weighted by Crippen LogP contribution is -2.30. The number of amides is 1. The van der Waals surface area contributed by atoms with Crippen LogP contribution in [0.15, 0.2) is 17.0 Å². The van der Waals surface area contributed by atoms with E-state index in [1.165, 1.54) is 37.4 Å². The minimum atomic E-state index is -0.0381. The van der Waals surface area contributed by atoms with Gasteiger partial charge in [0.05, 0.1) is 24.1 Å². The van der Waals surface area contributed by atoms with Crippen LogP contribution in [0, 0.1) is 5.92 Å². The van der Waals surface area contributed by atoms with Gasteiger partial charge < -0.3 is 9.47 Å². The van der Waals surface area contributed by atoms with Crippen LogP contribution >= 0.6 is 35.6 Å². The summed E-state index contributed by atoms with van der Waals surface area (Å²) in [6.45, 7) is 0.701. The zero-order valence-electron chi connectivity index (χ0n) is 14.9. The van der Waals surface area contributed by atoms with Crippen molar-refractivity contribution in [1.29, 1.82) is 0 Å². The smallest absolute Gasteiger partial charge is 0.266 e. The van der Waals surface area contributed by atoms with Gasteiger partial charge >= 0.3 is 0 Å². The Morgan fingerprint density at radius 3 is 2.58 bits per heavy atom. The number of hydrogen-bond acceptors (Lipinski definition) is 5. The second-order valence-corrected chi connectivity index (χ2v) is 8.58. The van der Waals surface area contributed by atoms with E-state index in [0.29, 0.717) is 37.9 Å². The lowest BCUT2D eigenvalue weighted by molar-refractivity contribution is -0.122. The lowest BCUT2D eigenvalue weighted by atomic mass is 10.0. The highest BCUT2D eigenvalue weighted by Gasteiger charge is 2.32. The molecule has 0 spiro atoms. The Kier molecular flexibility index (Phi) is 6.48. The van der Waals surface area contributed by atoms with E-state index in [-0.39, 0.29) is 5.91 Å². The fourth-order valence-electron chi connectivity index (χ4n) is 3.43. The van der Waals surface area contributed by atoms with Gasteiger partial charge in [-0.15, -0.1) is 0 Å². The number of nitrogens with zero attached hydrogens (tertiary/aromatic N) is 1. The number of thiocarbonyl (C=S) groups is 1. The van der Waals surface area contributed by atoms with Gasteiger partial charge in [-0.05, 0) is 30.0 Å². The zero-order valence-corrected chi connectivity index (χ0v) is 17.3. The summed E-state index contributed by atoms with van der Waals surface area (Å²) in [5, 5.41) is 0.499. The van der Waals surface area contributed by atoms with Crippen LogP contribution in [0.1, 0.15) is 37.7 Å². The highest BCUT2D eigenvalue weighted by atomic mass is 35.5. The molecule has 1 aromatic carbocycles. The van der Waals surface area contributed by atoms with Gasteiger partial charge in [-0.3, -0.25) is 9.69 Å². The fourth-order valence-corrected chi connectivity index (χ4v) is 4.93. The molecule has 1 aromatic rings. The van der Waals surface area contributed by atoms with E-state index < -0.39 is 0 Å². The standard InChI is InChI=1S/C19H22ClNO3S2/c1-23-15-9-13(14(20)11-16(15)24-2)10-17-18(22)21(19(25)26-17)8-7-12-5-3-4-6-12/h9-12H,3-8H2,1-2H3/b17-10-. The number of rotatable bonds is 6. The van der Waals surface area contributed by atoms with Crippen LogP contribution in [-0.4, -0.2) is 35.9 Å². The number of hydrogen-bond donors (Lipinski definition) is 0. The fraction of sp³-hybridized carbons (Fsp3) is 0.474. The summed E-state index contributed by atoms with van der Waals surface area (Å²) in [7, 11) is 3.13. The van der Waals surface area contributed by atoms with Crippen LogP contribution in [0.4, 0.5) is 0 Å². The number of halogens is 1. The first-order chi connectivity index (χ1) is 12.5. The van der Waals surface area contributed by atoms with Crippen LogP contribution < -0.4 is 9.47 Å². The van der Waals surface area contributed by atoms with Crippen molar-refractivity contribution in [3.8, 4) is 11.5 Å². The Bertz CT molecular complexity index is 745. The van der Waals surface area contributed by atoms with Gasteiger partial charge in [0.2, 0.25) is 0 Å². The molecular formula is C19H22ClNO3S2. The number of thioether (sulfide) groups is 1. The molecule has 3 rings (SSSR count). The van der Waals surface area contributed by atoms with Crippen LogP contribution in [0.25, 0.3) is 6.08 Å². The topological polar surface area (TPSA) is 38.8 Å². The van der Waals surface area contributed by atoms with Crippen molar-refractivity contribution in [1.82, 2.24) is 4.90 Å². The summed E-state index contributed by atoms with van der Waals surface area (Å²) in [6, 6.07) is 3.46. The summed E-state index contributed by atoms with van der Waals surface area (Å²) in [5.41, 5.74) is 0.709. The van der Waals surface area contributed by atoms with Crippen molar-refractivity contribution in [2.75, 3.05) is 20.8 Å². The quantitative estimate of drug-likeness (QED) is 0.478. The molecule has 140 valence electrons. The molecule has 0 unspecified atom stereocenters. The molecular weight excluding hydrogens is 390 g/mol. The SMILES string of the molecule is COc1cc(Cl)c(/C=C2\SC(=S)N(CCC3CCCC3)C2=O)cc1OC. The van der Waals surface area contributed by atoms with Gasteiger partial charge in [0, 0.05) is 12.6 Å². The van der Waals surface area contributed by atoms with Crippen molar-refractivity contribution in [3.63, 3.8) is 0 Å². The molecule has 0 N–H and O–H groups in total. The summed E-state index contributed by atoms with van der Waals surface area (Å²) >= 11 is 13.1. The predicted octanol–water partition coefficient (Wildman–Crippen LogP) is 5.14. The third-order valence-corrected chi connectivity index (χ3v) is 6.60. The van der Waals surface area contributed by atoms with Crippen molar-refractivity contribution >= 4 is 51.9 Å². The van der Waals surface area contributed by atoms with E-state index in [0.717, 1.165) is 12.3 Å². The summed E-state index contributed by atoms with van der Waals surface area (Å²) in [6.07, 6.45) is 7.95. The van der Waals surface area contributed by atoms with Gasteiger partial charge in [-0.25, -0.2) is 0 Å². The lowest BCUT2D eigenvalue weighted by Gasteiger charge is -2.17. The summed E-state index contributed by atoms with van der Waals surface area (Å²) in [4.78, 5) is 15.1. The third-order valence-electron chi connectivity index (χ3n) is 4.90. The van der Waals surface area contributed by atoms with E-state index in [4.69, 9.17) is 33.3 Å². The van der Waals surface area contributed by atoms with E-state index in [1.807, 2.05) is 0 Å². The first-order valence-electron chi connectivity index (χ1n) is 8.70. The average Bonchev–Trinajstić information content (AvgIpc) is 3.23. The molecule has 2 aliphatic rings. The van der Waals surface area contributed by atoms with Crippen LogP contribution in [0.5, 0.6) is 11.5 Å². The maximum Gasteiger partial charge on any atom is 0.266 e. The minimum absolute atomic E-state index is 0.0381. The predicted molar refractivity (Wildman–Crippen MR) is 111 cm³/mol. The molecule has 4 nitrogen and oxygen atoms in total. The van der Waals surface area contributed by atoms with E-state index in [1.54, 1.807) is 37.3 Å². The number of carbonyl (C=O) groups excluding carboxylic acids is 1. The number of carbonyl (C=O) groups is 1. The molecule has 1 amide bonds. The Morgan fingerprint density at radius 2 is 1.92 bits per heavy atom. The first-order valence-corrected chi connectivity index (χ1v) is 10.3. The van der Waals surface area contributed by atoms with Gasteiger partial charge in [0.25, 0.3) is 5.91 Å². The molecule has 1 aliphatic heterocycles. The van der Waals surface area contributed by atoms with Crippen LogP contribution in [0.3, 0.4) is 0 Å². The molecule has 1 heterocycles. The monoisotopic (exact) mass is 411 g/mol. The van der Waals surface area contributed by atoms with Gasteiger partial charge in [0.15, 0.2) is 11.5 Å². The van der Waals surface area contributed by atoms with Crippen molar-refractivity contribution in [3.05, 3.63) is 27.6 Å². The number of benzene rings is 1. The first kappa shape index (κ1) is 19.5. The second kappa shape index (κ2) is 8.63. The molecule has 1 saturated heterocycles. The van der Waals surface area contributed by atoms with Gasteiger partial charge in [-0.1, -0.05) is 61.3 Å². The molecule has 7 heteroatoms. The molecule has 1 saturated carbocycles. The van der Waals surface area contributed by atoms with Gasteiger partial charge in [-0.2, -0.15) is 0 Å². The maximum atomic E-state index is 12.8. The van der Waals surface area contributed by atoms with E-state index >= 15 is 0 Å². The normalized spacial score (nSPS) is 19.7. The average molecular weight is 412 g/mol. The molecule has 26 heavy (non-hydrogen) atoms. The molecule has 0 atom stereocenters. The van der Waals surface area contributed by atoms with Crippen LogP contribution in [0.2, 0.25) is 5.02 Å². The van der Waals surface area contributed by atoms with Gasteiger partial charge in [0.1, 0.15) is 4.32 Å². The van der Waals surface area contributed by atoms with Crippen molar-refractivity contribution in [2.24, 2.45) is 5.92 Å².